The summed E-state index contributed by atoms with van der Waals surface area (Å²) in [6, 6.07) is 24.6. The number of aromatic nitrogens is 5. The molecule has 55 heavy (non-hydrogen) atoms. The molecule has 1 saturated heterocycles. The second kappa shape index (κ2) is 15.3. The Hall–Kier alpha value is -6.83. The number of anilines is 4. The van der Waals surface area contributed by atoms with Crippen LogP contribution >= 0.6 is 0 Å². The quantitative estimate of drug-likeness (QED) is 0.147. The van der Waals surface area contributed by atoms with E-state index >= 15 is 0 Å². The molecule has 7 rings (SSSR count). The number of benzene rings is 3. The Morgan fingerprint density at radius 3 is 2.36 bits per heavy atom. The number of ether oxygens (including phenoxy) is 1. The number of pyridine rings is 1. The highest BCUT2D eigenvalue weighted by Gasteiger charge is 2.27. The second-order valence-corrected chi connectivity index (χ2v) is 14.4. The Morgan fingerprint density at radius 2 is 1.64 bits per heavy atom. The monoisotopic (exact) mass is 738 g/mol. The van der Waals surface area contributed by atoms with E-state index in [1.807, 2.05) is 85.8 Å². The first-order chi connectivity index (χ1) is 26.4. The van der Waals surface area contributed by atoms with Gasteiger partial charge in [0.25, 0.3) is 5.91 Å². The van der Waals surface area contributed by atoms with Crippen LogP contribution in [0.3, 0.4) is 0 Å². The van der Waals surface area contributed by atoms with Gasteiger partial charge in [-0.15, -0.1) is 0 Å². The molecule has 0 atom stereocenters. The summed E-state index contributed by atoms with van der Waals surface area (Å²) in [4.78, 5) is 54.4. The molecule has 0 radical (unpaired) electrons. The first-order valence-electron chi connectivity index (χ1n) is 17.9. The zero-order chi connectivity index (χ0) is 38.7. The van der Waals surface area contributed by atoms with Crippen molar-refractivity contribution in [3.8, 4) is 11.4 Å². The second-order valence-electron chi connectivity index (χ2n) is 14.4. The van der Waals surface area contributed by atoms with Crippen LogP contribution in [0, 0.1) is 6.92 Å². The molecule has 1 aliphatic rings. The minimum absolute atomic E-state index is 0.0194. The number of hydrogen-bond donors (Lipinski definition) is 3. The predicted octanol–water partition coefficient (Wildman–Crippen LogP) is 6.70. The average molecular weight is 739 g/mol. The molecule has 1 aliphatic heterocycles. The topological polar surface area (TPSA) is 160 Å². The number of nitrogens with zero attached hydrogens (tertiary/aromatic N) is 7. The number of nitrogens with one attached hydrogen (secondary N) is 3. The molecule has 0 spiro atoms. The normalized spacial score (nSPS) is 13.1. The summed E-state index contributed by atoms with van der Waals surface area (Å²) in [5.41, 5.74) is 4.24. The number of urea groups is 1. The molecule has 4 heterocycles. The summed E-state index contributed by atoms with van der Waals surface area (Å²) in [5.74, 6) is 1.68. The van der Waals surface area contributed by atoms with Crippen molar-refractivity contribution in [2.45, 2.75) is 39.7 Å². The molecule has 3 aromatic carbocycles. The summed E-state index contributed by atoms with van der Waals surface area (Å²) in [7, 11) is 1.72. The average Bonchev–Trinajstić information content (AvgIpc) is 3.60. The number of rotatable bonds is 9. The van der Waals surface area contributed by atoms with E-state index in [0.29, 0.717) is 42.0 Å². The van der Waals surface area contributed by atoms with Gasteiger partial charge in [0, 0.05) is 48.6 Å². The summed E-state index contributed by atoms with van der Waals surface area (Å²) in [6.07, 6.45) is 4.51. The van der Waals surface area contributed by atoms with Gasteiger partial charge in [-0.3, -0.25) is 14.9 Å². The van der Waals surface area contributed by atoms with E-state index in [-0.39, 0.29) is 36.1 Å². The van der Waals surface area contributed by atoms with E-state index in [2.05, 4.69) is 51.7 Å². The standard InChI is InChI=1S/C41H42N10O4/c1-26-10-12-28(13-11-26)51-37(21-34(48-51)41(2,3)4)47-40(54)45-31-14-15-33(30-9-7-6-8-29(30)31)55-25-27-16-17-42-35(20-27)46-36-23-43-32(22-44-36)39(53)50-19-18-49(5)38(52)24-50/h6-17,20-23H,18-19,24-25H2,1-5H3,(H,42,44,46)(H2,45,47,54). The molecule has 1 fully saturated rings. The van der Waals surface area contributed by atoms with Gasteiger partial charge in [0.2, 0.25) is 5.91 Å². The van der Waals surface area contributed by atoms with E-state index in [1.54, 1.807) is 22.8 Å². The van der Waals surface area contributed by atoms with Gasteiger partial charge in [0.05, 0.1) is 29.5 Å². The Labute approximate surface area is 318 Å². The molecule has 4 amide bonds. The minimum Gasteiger partial charge on any atom is -0.488 e. The maximum absolute atomic E-state index is 13.5. The molecule has 14 nitrogen and oxygen atoms in total. The molecule has 14 heteroatoms. The van der Waals surface area contributed by atoms with Gasteiger partial charge >= 0.3 is 6.03 Å². The third kappa shape index (κ3) is 8.38. The van der Waals surface area contributed by atoms with Crippen molar-refractivity contribution in [3.63, 3.8) is 0 Å². The highest BCUT2D eigenvalue weighted by atomic mass is 16.5. The lowest BCUT2D eigenvalue weighted by Crippen LogP contribution is -2.50. The number of aryl methyl sites for hydroxylation is 1. The van der Waals surface area contributed by atoms with Crippen molar-refractivity contribution in [1.29, 1.82) is 0 Å². The number of amides is 4. The molecule has 280 valence electrons. The molecule has 3 N–H and O–H groups in total. The van der Waals surface area contributed by atoms with Gasteiger partial charge in [-0.2, -0.15) is 5.10 Å². The van der Waals surface area contributed by atoms with Crippen LogP contribution in [0.1, 0.15) is 48.1 Å². The summed E-state index contributed by atoms with van der Waals surface area (Å²) < 4.78 is 8.05. The molecule has 6 aromatic rings. The predicted molar refractivity (Wildman–Crippen MR) is 211 cm³/mol. The summed E-state index contributed by atoms with van der Waals surface area (Å²) in [6.45, 7) is 9.47. The molecule has 3 aromatic heterocycles. The van der Waals surface area contributed by atoms with Crippen molar-refractivity contribution in [2.24, 2.45) is 0 Å². The van der Waals surface area contributed by atoms with Crippen LogP contribution in [-0.4, -0.2) is 79.1 Å². The fraction of sp³-hybridized carbons (Fsp3) is 0.244. The van der Waals surface area contributed by atoms with Crippen molar-refractivity contribution in [3.05, 3.63) is 120 Å². The Morgan fingerprint density at radius 1 is 0.855 bits per heavy atom. The van der Waals surface area contributed by atoms with Gasteiger partial charge < -0.3 is 25.2 Å². The number of carbonyl (C=O) groups is 3. The Bertz CT molecular complexity index is 2370. The molecule has 0 unspecified atom stereocenters. The lowest BCUT2D eigenvalue weighted by atomic mass is 9.92. The van der Waals surface area contributed by atoms with Crippen molar-refractivity contribution in [1.82, 2.24) is 34.5 Å². The first-order valence-corrected chi connectivity index (χ1v) is 17.9. The van der Waals surface area contributed by atoms with Gasteiger partial charge in [0.15, 0.2) is 0 Å². The fourth-order valence-corrected chi connectivity index (χ4v) is 6.02. The van der Waals surface area contributed by atoms with Gasteiger partial charge in [-0.1, -0.05) is 62.7 Å². The van der Waals surface area contributed by atoms with Crippen molar-refractivity contribution >= 4 is 51.8 Å². The van der Waals surface area contributed by atoms with Crippen LogP contribution < -0.4 is 20.7 Å². The Kier molecular flexibility index (Phi) is 10.1. The SMILES string of the molecule is Cc1ccc(-n2nc(C(C)(C)C)cc2NC(=O)Nc2ccc(OCc3ccnc(Nc4cnc(C(=O)N5CCN(C)C(=O)C5)cn4)c3)c3ccccc23)cc1. The van der Waals surface area contributed by atoms with Crippen LogP contribution in [-0.2, 0) is 16.8 Å². The molecular formula is C41H42N10O4. The summed E-state index contributed by atoms with van der Waals surface area (Å²) >= 11 is 0. The maximum Gasteiger partial charge on any atom is 0.324 e. The van der Waals surface area contributed by atoms with Crippen LogP contribution in [0.25, 0.3) is 16.5 Å². The lowest BCUT2D eigenvalue weighted by Gasteiger charge is -2.31. The van der Waals surface area contributed by atoms with E-state index in [4.69, 9.17) is 9.84 Å². The Balaban J connectivity index is 1.01. The minimum atomic E-state index is -0.401. The zero-order valence-electron chi connectivity index (χ0n) is 31.3. The van der Waals surface area contributed by atoms with E-state index in [9.17, 15) is 14.4 Å². The van der Waals surface area contributed by atoms with Crippen LogP contribution in [0.15, 0.2) is 97.5 Å². The number of piperazine rings is 1. The third-order valence-corrected chi connectivity index (χ3v) is 9.22. The van der Waals surface area contributed by atoms with Crippen molar-refractivity contribution in [2.75, 3.05) is 42.6 Å². The van der Waals surface area contributed by atoms with Gasteiger partial charge in [0.1, 0.15) is 42.0 Å². The van der Waals surface area contributed by atoms with Crippen LogP contribution in [0.4, 0.5) is 27.9 Å². The lowest BCUT2D eigenvalue weighted by molar-refractivity contribution is -0.133. The number of fused-ring (bicyclic) bond motifs is 1. The zero-order valence-corrected chi connectivity index (χ0v) is 31.3. The van der Waals surface area contributed by atoms with Gasteiger partial charge in [-0.05, 0) is 48.9 Å². The molecule has 0 bridgehead atoms. The first kappa shape index (κ1) is 36.5. The smallest absolute Gasteiger partial charge is 0.324 e. The molecular weight excluding hydrogens is 697 g/mol. The summed E-state index contributed by atoms with van der Waals surface area (Å²) in [5, 5.41) is 15.6. The van der Waals surface area contributed by atoms with Crippen LogP contribution in [0.5, 0.6) is 5.75 Å². The van der Waals surface area contributed by atoms with Crippen molar-refractivity contribution < 1.29 is 19.1 Å². The van der Waals surface area contributed by atoms with Gasteiger partial charge in [-0.25, -0.2) is 24.4 Å². The highest BCUT2D eigenvalue weighted by Crippen LogP contribution is 2.33. The number of likely N-dealkylation sites (N-methyl/N-ethyl adjacent to an activating group) is 1. The molecule has 0 aliphatic carbocycles. The van der Waals surface area contributed by atoms with E-state index in [1.165, 1.54) is 17.3 Å². The maximum atomic E-state index is 13.5. The largest absolute Gasteiger partial charge is 0.488 e. The third-order valence-electron chi connectivity index (χ3n) is 9.22. The van der Waals surface area contributed by atoms with Crippen LogP contribution in [0.2, 0.25) is 0 Å². The van der Waals surface area contributed by atoms with E-state index in [0.717, 1.165) is 33.3 Å². The number of hydrogen-bond acceptors (Lipinski definition) is 9. The number of carbonyl (C=O) groups excluding carboxylic acids is 3. The highest BCUT2D eigenvalue weighted by molar-refractivity contribution is 6.07. The van der Waals surface area contributed by atoms with E-state index < -0.39 is 6.03 Å². The molecule has 0 saturated carbocycles. The fourth-order valence-electron chi connectivity index (χ4n) is 6.02.